The highest BCUT2D eigenvalue weighted by Crippen LogP contribution is 2.44. The van der Waals surface area contributed by atoms with E-state index < -0.39 is 17.4 Å². The van der Waals surface area contributed by atoms with E-state index in [0.29, 0.717) is 35.4 Å². The van der Waals surface area contributed by atoms with Gasteiger partial charge in [-0.3, -0.25) is 4.79 Å². The monoisotopic (exact) mass is 422 g/mol. The van der Waals surface area contributed by atoms with Crippen molar-refractivity contribution in [1.29, 1.82) is 0 Å². The number of fused-ring (bicyclic) bond motifs is 5. The van der Waals surface area contributed by atoms with E-state index in [4.69, 9.17) is 4.74 Å². The van der Waals surface area contributed by atoms with Crippen LogP contribution in [0.3, 0.4) is 0 Å². The number of hydrogen-bond acceptors (Lipinski definition) is 6. The average Bonchev–Trinajstić information content (AvgIpc) is 3.14. The number of aromatic nitrogens is 2. The van der Waals surface area contributed by atoms with E-state index in [1.165, 1.54) is 6.07 Å². The first-order chi connectivity index (χ1) is 14.8. The number of carbonyl (C=O) groups is 1. The molecule has 2 N–H and O–H groups in total. The number of pyridine rings is 2. The highest BCUT2D eigenvalue weighted by atomic mass is 19.1. The molecule has 1 aromatic carbocycles. The Morgan fingerprint density at radius 3 is 2.74 bits per heavy atom. The topological polar surface area (TPSA) is 102 Å². The van der Waals surface area contributed by atoms with Crippen LogP contribution in [0.4, 0.5) is 4.39 Å². The Morgan fingerprint density at radius 1 is 1.19 bits per heavy atom. The molecule has 6 rings (SSSR count). The Kier molecular flexibility index (Phi) is 3.53. The van der Waals surface area contributed by atoms with E-state index >= 15 is 0 Å². The second-order valence-corrected chi connectivity index (χ2v) is 8.45. The first kappa shape index (κ1) is 18.5. The van der Waals surface area contributed by atoms with Crippen molar-refractivity contribution < 1.29 is 24.1 Å². The minimum atomic E-state index is -1.89. The zero-order valence-electron chi connectivity index (χ0n) is 16.8. The lowest BCUT2D eigenvalue weighted by molar-refractivity contribution is -0.172. The van der Waals surface area contributed by atoms with Gasteiger partial charge in [0.15, 0.2) is 17.2 Å². The van der Waals surface area contributed by atoms with Crippen LogP contribution in [0.1, 0.15) is 47.6 Å². The number of phenolic OH excluding ortho intramolecular Hbond substituents is 1. The predicted octanol–water partition coefficient (Wildman–Crippen LogP) is 2.41. The lowest BCUT2D eigenvalue weighted by Crippen LogP contribution is -2.44. The van der Waals surface area contributed by atoms with Crippen molar-refractivity contribution >= 4 is 16.9 Å². The van der Waals surface area contributed by atoms with Crippen LogP contribution in [-0.2, 0) is 41.1 Å². The summed E-state index contributed by atoms with van der Waals surface area (Å²) in [5.74, 6) is -1.82. The molecule has 0 amide bonds. The summed E-state index contributed by atoms with van der Waals surface area (Å²) in [7, 11) is 0. The fourth-order valence-corrected chi connectivity index (χ4v) is 5.34. The van der Waals surface area contributed by atoms with Crippen LogP contribution < -0.4 is 5.56 Å². The molecule has 2 aliphatic heterocycles. The van der Waals surface area contributed by atoms with Crippen molar-refractivity contribution in [1.82, 2.24) is 9.55 Å². The van der Waals surface area contributed by atoms with E-state index in [1.54, 1.807) is 17.6 Å². The first-order valence-electron chi connectivity index (χ1n) is 10.4. The maximum absolute atomic E-state index is 14.3. The number of ether oxygens (including phenoxy) is 1. The van der Waals surface area contributed by atoms with Crippen LogP contribution in [-0.4, -0.2) is 25.7 Å². The van der Waals surface area contributed by atoms with Crippen molar-refractivity contribution in [2.45, 2.75) is 51.4 Å². The van der Waals surface area contributed by atoms with Crippen LogP contribution in [0.15, 0.2) is 16.9 Å². The number of halogens is 1. The summed E-state index contributed by atoms with van der Waals surface area (Å²) < 4.78 is 21.0. The highest BCUT2D eigenvalue weighted by molar-refractivity contribution is 5.93. The Hall–Kier alpha value is -3.26. The molecule has 0 saturated carbocycles. The third-order valence-corrected chi connectivity index (χ3v) is 6.97. The smallest absolute Gasteiger partial charge is 0.343 e. The molecule has 2 aromatic heterocycles. The number of aliphatic hydroxyl groups is 1. The van der Waals surface area contributed by atoms with Crippen LogP contribution in [0.25, 0.3) is 22.3 Å². The Morgan fingerprint density at radius 2 is 1.97 bits per heavy atom. The molecule has 0 radical (unpaired) electrons. The first-order valence-corrected chi connectivity index (χ1v) is 10.4. The number of aromatic hydroxyl groups is 1. The number of nitrogens with zero attached hydrogens (tertiary/aromatic N) is 2. The number of carbonyl (C=O) groups excluding carboxylic acids is 1. The summed E-state index contributed by atoms with van der Waals surface area (Å²) in [6, 6.07) is 2.88. The van der Waals surface area contributed by atoms with Gasteiger partial charge in [0.2, 0.25) is 0 Å². The maximum atomic E-state index is 14.3. The molecule has 3 aliphatic rings. The van der Waals surface area contributed by atoms with Crippen LogP contribution in [0.5, 0.6) is 5.75 Å². The fraction of sp³-hybridized carbons (Fsp3) is 0.348. The lowest BCUT2D eigenvalue weighted by Gasteiger charge is -2.31. The summed E-state index contributed by atoms with van der Waals surface area (Å²) >= 11 is 0. The van der Waals surface area contributed by atoms with Gasteiger partial charge in [-0.2, -0.15) is 0 Å². The Balaban J connectivity index is 1.68. The summed E-state index contributed by atoms with van der Waals surface area (Å²) in [4.78, 5) is 30.3. The van der Waals surface area contributed by atoms with E-state index in [1.807, 2.05) is 0 Å². The van der Waals surface area contributed by atoms with Crippen molar-refractivity contribution in [2.24, 2.45) is 0 Å². The quantitative estimate of drug-likeness (QED) is 0.457. The number of esters is 1. The number of benzene rings is 1. The number of hydrogen-bond donors (Lipinski definition) is 2. The Labute approximate surface area is 175 Å². The summed E-state index contributed by atoms with van der Waals surface area (Å²) in [6.45, 7) is 1.77. The minimum absolute atomic E-state index is 0.0683. The van der Waals surface area contributed by atoms with Crippen molar-refractivity contribution in [2.75, 3.05) is 0 Å². The van der Waals surface area contributed by atoms with Crippen LogP contribution in [0.2, 0.25) is 0 Å². The molecule has 0 spiro atoms. The standard InChI is InChI=1S/C23H19FN2O5/c1-2-23(30)14-6-17-19-12(8-26(17)21(28)13(14)9-31-22(23)29)10-4-3-5-11-18(10)16(25-19)7-15(24)20(11)27/h6-7,27,30H,2-5,8-9H2,1H3/t23-/m0/s1. The summed E-state index contributed by atoms with van der Waals surface area (Å²) in [5.41, 5.74) is 2.19. The number of phenols is 1. The largest absolute Gasteiger partial charge is 0.505 e. The van der Waals surface area contributed by atoms with Gasteiger partial charge in [0, 0.05) is 28.1 Å². The van der Waals surface area contributed by atoms with Gasteiger partial charge in [0.05, 0.1) is 29.0 Å². The molecular formula is C23H19FN2O5. The predicted molar refractivity (Wildman–Crippen MR) is 108 cm³/mol. The summed E-state index contributed by atoms with van der Waals surface area (Å²) in [6.07, 6.45) is 2.13. The molecule has 31 heavy (non-hydrogen) atoms. The van der Waals surface area contributed by atoms with Gasteiger partial charge in [-0.25, -0.2) is 14.2 Å². The third-order valence-electron chi connectivity index (χ3n) is 6.97. The molecule has 0 saturated heterocycles. The van der Waals surface area contributed by atoms with Gasteiger partial charge in [-0.1, -0.05) is 6.92 Å². The van der Waals surface area contributed by atoms with Crippen LogP contribution in [0, 0.1) is 5.82 Å². The fourth-order valence-electron chi connectivity index (χ4n) is 5.34. The molecule has 158 valence electrons. The van der Waals surface area contributed by atoms with E-state index in [-0.39, 0.29) is 35.5 Å². The Bertz CT molecular complexity index is 1410. The van der Waals surface area contributed by atoms with E-state index in [2.05, 4.69) is 4.98 Å². The molecule has 0 bridgehead atoms. The number of aryl methyl sites for hydroxylation is 2. The molecule has 8 heteroatoms. The average molecular weight is 422 g/mol. The molecular weight excluding hydrogens is 403 g/mol. The van der Waals surface area contributed by atoms with Gasteiger partial charge in [0.25, 0.3) is 5.56 Å². The van der Waals surface area contributed by atoms with Gasteiger partial charge in [-0.15, -0.1) is 0 Å². The maximum Gasteiger partial charge on any atom is 0.343 e. The minimum Gasteiger partial charge on any atom is -0.505 e. The number of rotatable bonds is 1. The summed E-state index contributed by atoms with van der Waals surface area (Å²) in [5, 5.41) is 22.0. The molecule has 1 aliphatic carbocycles. The molecule has 1 atom stereocenters. The SMILES string of the molecule is CC[C@@]1(O)C(=O)OCc2c1cc1n(c2=O)Cc2c-1nc1cc(F)c(O)c3c1c2CCC3. The van der Waals surface area contributed by atoms with Gasteiger partial charge >= 0.3 is 5.97 Å². The third kappa shape index (κ3) is 2.18. The van der Waals surface area contributed by atoms with E-state index in [0.717, 1.165) is 29.4 Å². The lowest BCUT2D eigenvalue weighted by atomic mass is 9.85. The molecule has 4 heterocycles. The second-order valence-electron chi connectivity index (χ2n) is 8.45. The van der Waals surface area contributed by atoms with Crippen molar-refractivity contribution in [3.8, 4) is 17.1 Å². The molecule has 0 fully saturated rings. The zero-order chi connectivity index (χ0) is 21.7. The molecule has 7 nitrogen and oxygen atoms in total. The second kappa shape index (κ2) is 5.91. The highest BCUT2D eigenvalue weighted by Gasteiger charge is 2.45. The van der Waals surface area contributed by atoms with Gasteiger partial charge < -0.3 is 19.5 Å². The molecule has 0 unspecified atom stereocenters. The van der Waals surface area contributed by atoms with Gasteiger partial charge in [-0.05, 0) is 37.3 Å². The van der Waals surface area contributed by atoms with Crippen molar-refractivity contribution in [3.05, 3.63) is 56.1 Å². The molecule has 3 aromatic rings. The van der Waals surface area contributed by atoms with Gasteiger partial charge in [0.1, 0.15) is 6.61 Å². The normalized spacial score (nSPS) is 20.9. The van der Waals surface area contributed by atoms with Crippen molar-refractivity contribution in [3.63, 3.8) is 0 Å². The van der Waals surface area contributed by atoms with E-state index in [9.17, 15) is 24.2 Å². The number of cyclic esters (lactones) is 1. The van der Waals surface area contributed by atoms with Crippen LogP contribution >= 0.6 is 0 Å². The zero-order valence-corrected chi connectivity index (χ0v) is 16.8.